The molecule has 1 spiro atoms. The second kappa shape index (κ2) is 6.51. The maximum absolute atomic E-state index is 12.2. The van der Waals surface area contributed by atoms with Gasteiger partial charge in [0.25, 0.3) is 0 Å². The van der Waals surface area contributed by atoms with E-state index in [2.05, 4.69) is 10.0 Å². The van der Waals surface area contributed by atoms with Gasteiger partial charge in [-0.25, -0.2) is 13.1 Å². The van der Waals surface area contributed by atoms with Crippen molar-refractivity contribution in [2.24, 2.45) is 5.41 Å². The molecule has 0 aliphatic carbocycles. The minimum absolute atomic E-state index is 0.0376. The molecule has 126 valence electrons. The number of sulfonamides is 1. The summed E-state index contributed by atoms with van der Waals surface area (Å²) in [7, 11) is -3.32. The van der Waals surface area contributed by atoms with E-state index in [1.807, 2.05) is 0 Å². The van der Waals surface area contributed by atoms with Gasteiger partial charge in [0.05, 0.1) is 17.8 Å². The molecule has 0 unspecified atom stereocenters. The van der Waals surface area contributed by atoms with Crippen molar-refractivity contribution < 1.29 is 23.1 Å². The van der Waals surface area contributed by atoms with E-state index in [0.29, 0.717) is 25.9 Å². The highest BCUT2D eigenvalue weighted by Crippen LogP contribution is 2.37. The van der Waals surface area contributed by atoms with Crippen LogP contribution in [0.15, 0.2) is 0 Å². The van der Waals surface area contributed by atoms with E-state index in [1.54, 1.807) is 4.90 Å². The van der Waals surface area contributed by atoms with E-state index in [1.165, 1.54) is 0 Å². The van der Waals surface area contributed by atoms with Crippen molar-refractivity contribution in [1.29, 1.82) is 0 Å². The Kier molecular flexibility index (Phi) is 5.08. The zero-order valence-electron chi connectivity index (χ0n) is 12.7. The van der Waals surface area contributed by atoms with Crippen molar-refractivity contribution in [3.63, 3.8) is 0 Å². The smallest absolute Gasteiger partial charge is 0.230 e. The highest BCUT2D eigenvalue weighted by Gasteiger charge is 2.50. The summed E-state index contributed by atoms with van der Waals surface area (Å²) >= 11 is 0. The average molecular weight is 333 g/mol. The second-order valence-electron chi connectivity index (χ2n) is 6.05. The van der Waals surface area contributed by atoms with E-state index in [9.17, 15) is 23.1 Å². The summed E-state index contributed by atoms with van der Waals surface area (Å²) in [5, 5.41) is 13.0. The van der Waals surface area contributed by atoms with Gasteiger partial charge in [0, 0.05) is 32.6 Å². The largest absolute Gasteiger partial charge is 0.392 e. The molecule has 2 heterocycles. The predicted molar refractivity (Wildman–Crippen MR) is 79.3 cm³/mol. The van der Waals surface area contributed by atoms with E-state index in [4.69, 9.17) is 0 Å². The summed E-state index contributed by atoms with van der Waals surface area (Å²) in [5.41, 5.74) is -0.920. The van der Waals surface area contributed by atoms with Crippen LogP contribution in [0.5, 0.6) is 0 Å². The molecule has 8 nitrogen and oxygen atoms in total. The molecule has 0 bridgehead atoms. The van der Waals surface area contributed by atoms with Gasteiger partial charge in [0.15, 0.2) is 0 Å². The molecule has 2 atom stereocenters. The molecule has 0 radical (unpaired) electrons. The third kappa shape index (κ3) is 3.76. The molecule has 0 aromatic rings. The molecule has 0 aromatic heterocycles. The lowest BCUT2D eigenvalue weighted by Crippen LogP contribution is -2.62. The Hall–Kier alpha value is -1.19. The summed E-state index contributed by atoms with van der Waals surface area (Å²) < 4.78 is 24.3. The van der Waals surface area contributed by atoms with Gasteiger partial charge in [-0.3, -0.25) is 9.59 Å². The Bertz CT molecular complexity index is 550. The van der Waals surface area contributed by atoms with Crippen molar-refractivity contribution >= 4 is 21.8 Å². The van der Waals surface area contributed by atoms with Crippen molar-refractivity contribution in [2.75, 3.05) is 32.4 Å². The first-order chi connectivity index (χ1) is 10.2. The predicted octanol–water partition coefficient (Wildman–Crippen LogP) is -1.58. The Morgan fingerprint density at radius 1 is 1.55 bits per heavy atom. The number of aliphatic hydroxyl groups excluding tert-OH is 1. The Morgan fingerprint density at radius 3 is 2.91 bits per heavy atom. The van der Waals surface area contributed by atoms with Crippen molar-refractivity contribution in [2.45, 2.75) is 31.8 Å². The normalized spacial score (nSPS) is 29.5. The number of rotatable bonds is 4. The molecule has 2 aliphatic rings. The molecule has 2 saturated heterocycles. The van der Waals surface area contributed by atoms with Gasteiger partial charge in [-0.05, 0) is 19.3 Å². The summed E-state index contributed by atoms with van der Waals surface area (Å²) in [4.78, 5) is 26.0. The zero-order valence-corrected chi connectivity index (χ0v) is 13.5. The quantitative estimate of drug-likeness (QED) is 0.574. The van der Waals surface area contributed by atoms with E-state index in [-0.39, 0.29) is 31.3 Å². The number of hydrogen-bond acceptors (Lipinski definition) is 5. The topological polar surface area (TPSA) is 116 Å². The molecule has 0 aromatic carbocycles. The van der Waals surface area contributed by atoms with Crippen molar-refractivity contribution in [1.82, 2.24) is 14.9 Å². The van der Waals surface area contributed by atoms with Crippen molar-refractivity contribution in [3.05, 3.63) is 0 Å². The summed E-state index contributed by atoms with van der Waals surface area (Å²) in [6.45, 7) is 1.21. The van der Waals surface area contributed by atoms with E-state index < -0.39 is 21.5 Å². The zero-order chi connectivity index (χ0) is 16.4. The van der Waals surface area contributed by atoms with Crippen LogP contribution in [0.4, 0.5) is 0 Å². The molecule has 3 N–H and O–H groups in total. The fourth-order valence-electron chi connectivity index (χ4n) is 3.16. The first kappa shape index (κ1) is 17.2. The molecule has 2 amide bonds. The number of amides is 2. The van der Waals surface area contributed by atoms with E-state index >= 15 is 0 Å². The Labute approximate surface area is 130 Å². The molecule has 2 rings (SSSR count). The van der Waals surface area contributed by atoms with Crippen LogP contribution in [0.2, 0.25) is 0 Å². The SMILES string of the molecule is CS(=O)(=O)NCCC(=O)N1CC[C@@H](O)[C@@]2(CCCNC2=O)C1. The minimum atomic E-state index is -3.32. The first-order valence-electron chi connectivity index (χ1n) is 7.43. The maximum Gasteiger partial charge on any atom is 0.230 e. The molecule has 2 aliphatic heterocycles. The Balaban J connectivity index is 1.98. The summed E-state index contributed by atoms with van der Waals surface area (Å²) in [5.74, 6) is -0.404. The van der Waals surface area contributed by atoms with Gasteiger partial charge in [-0.2, -0.15) is 0 Å². The lowest BCUT2D eigenvalue weighted by atomic mass is 9.71. The molecule has 9 heteroatoms. The number of piperidine rings is 2. The molecule has 22 heavy (non-hydrogen) atoms. The number of nitrogens with one attached hydrogen (secondary N) is 2. The fraction of sp³-hybridized carbons (Fsp3) is 0.846. The monoisotopic (exact) mass is 333 g/mol. The van der Waals surface area contributed by atoms with Crippen LogP contribution < -0.4 is 10.0 Å². The minimum Gasteiger partial charge on any atom is -0.392 e. The van der Waals surface area contributed by atoms with Crippen LogP contribution >= 0.6 is 0 Å². The third-order valence-corrected chi connectivity index (χ3v) is 5.11. The molecular formula is C13H23N3O5S. The number of aliphatic hydroxyl groups is 1. The highest BCUT2D eigenvalue weighted by molar-refractivity contribution is 7.88. The maximum atomic E-state index is 12.2. The van der Waals surface area contributed by atoms with E-state index in [0.717, 1.165) is 12.7 Å². The number of likely N-dealkylation sites (tertiary alicyclic amines) is 1. The lowest BCUT2D eigenvalue weighted by molar-refractivity contribution is -0.154. The molecule has 2 fully saturated rings. The average Bonchev–Trinajstić information content (AvgIpc) is 2.43. The van der Waals surface area contributed by atoms with Crippen LogP contribution in [0.1, 0.15) is 25.7 Å². The van der Waals surface area contributed by atoms with Crippen LogP contribution in [-0.4, -0.2) is 68.8 Å². The standard InChI is InChI=1S/C13H23N3O5S/c1-22(20,21)15-7-3-11(18)16-8-4-10(17)13(9-16)5-2-6-14-12(13)19/h10,15,17H,2-9H2,1H3,(H,14,19)/t10-,13-/m1/s1. The molecule has 0 saturated carbocycles. The van der Waals surface area contributed by atoms with Crippen LogP contribution in [-0.2, 0) is 19.6 Å². The lowest BCUT2D eigenvalue weighted by Gasteiger charge is -2.46. The number of carbonyl (C=O) groups excluding carboxylic acids is 2. The van der Waals surface area contributed by atoms with Gasteiger partial charge in [0.2, 0.25) is 21.8 Å². The van der Waals surface area contributed by atoms with Gasteiger partial charge >= 0.3 is 0 Å². The van der Waals surface area contributed by atoms with Gasteiger partial charge in [-0.1, -0.05) is 0 Å². The third-order valence-electron chi connectivity index (χ3n) is 4.38. The van der Waals surface area contributed by atoms with Crippen molar-refractivity contribution in [3.8, 4) is 0 Å². The number of hydrogen-bond donors (Lipinski definition) is 3. The number of nitrogens with zero attached hydrogens (tertiary/aromatic N) is 1. The molecular weight excluding hydrogens is 310 g/mol. The summed E-state index contributed by atoms with van der Waals surface area (Å²) in [6.07, 6.45) is 2.03. The van der Waals surface area contributed by atoms with Crippen LogP contribution in [0, 0.1) is 5.41 Å². The van der Waals surface area contributed by atoms with Gasteiger partial charge < -0.3 is 15.3 Å². The van der Waals surface area contributed by atoms with Crippen LogP contribution in [0.3, 0.4) is 0 Å². The van der Waals surface area contributed by atoms with Gasteiger partial charge in [-0.15, -0.1) is 0 Å². The van der Waals surface area contributed by atoms with Gasteiger partial charge in [0.1, 0.15) is 0 Å². The second-order valence-corrected chi connectivity index (χ2v) is 7.88. The van der Waals surface area contributed by atoms with Crippen LogP contribution in [0.25, 0.3) is 0 Å². The number of carbonyl (C=O) groups is 2. The first-order valence-corrected chi connectivity index (χ1v) is 9.32. The highest BCUT2D eigenvalue weighted by atomic mass is 32.2. The fourth-order valence-corrected chi connectivity index (χ4v) is 3.63. The summed E-state index contributed by atoms with van der Waals surface area (Å²) in [6, 6.07) is 0. The Morgan fingerprint density at radius 2 is 2.27 bits per heavy atom.